The third kappa shape index (κ3) is 5.70. The van der Waals surface area contributed by atoms with Crippen molar-refractivity contribution in [3.63, 3.8) is 0 Å². The molecule has 0 spiro atoms. The van der Waals surface area contributed by atoms with E-state index in [1.165, 1.54) is 27.8 Å². The summed E-state index contributed by atoms with van der Waals surface area (Å²) in [5.41, 5.74) is 8.82. The molecule has 0 N–H and O–H groups in total. The Labute approximate surface area is 197 Å². The second-order valence-electron chi connectivity index (χ2n) is 8.43. The van der Waals surface area contributed by atoms with E-state index in [1.807, 2.05) is 0 Å². The summed E-state index contributed by atoms with van der Waals surface area (Å²) in [5.74, 6) is 0. The number of allylic oxidation sites excluding steroid dienone is 1. The summed E-state index contributed by atoms with van der Waals surface area (Å²) in [7, 11) is -0.925. The van der Waals surface area contributed by atoms with Gasteiger partial charge in [0.05, 0.1) is 0 Å². The Bertz CT molecular complexity index is 810. The molecule has 1 unspecified atom stereocenters. The van der Waals surface area contributed by atoms with Gasteiger partial charge < -0.3 is 24.8 Å². The maximum atomic E-state index is 6.28. The number of hydrogen-bond donors (Lipinski definition) is 0. The molecule has 5 heteroatoms. The van der Waals surface area contributed by atoms with E-state index in [0.717, 1.165) is 6.42 Å². The summed E-state index contributed by atoms with van der Waals surface area (Å²) in [6.45, 7) is 13.7. The standard InChI is InChI=1S/C21H23.C2H7OSi.2ClH.Zr/c1-5-15-13-17-7-6-8-19(20(17)14-15)16-9-11-18(12-10-16)21(2,3)4;1-4(2)3;;;/h6-14H,5H2,1-4H3;4H,1-2H3;2*1H;/q;-1;;;+3/p-2. The van der Waals surface area contributed by atoms with Gasteiger partial charge in [0.25, 0.3) is 0 Å². The molecule has 3 rings (SSSR count). The van der Waals surface area contributed by atoms with Crippen molar-refractivity contribution < 1.29 is 51.0 Å². The minimum atomic E-state index is -0.925. The Morgan fingerprint density at radius 3 is 2.18 bits per heavy atom. The van der Waals surface area contributed by atoms with Crippen LogP contribution in [0.3, 0.4) is 0 Å². The molecule has 0 heterocycles. The Morgan fingerprint density at radius 2 is 1.64 bits per heavy atom. The molecule has 1 nitrogen and oxygen atoms in total. The Morgan fingerprint density at radius 1 is 1.00 bits per heavy atom. The monoisotopic (exact) mass is 510 g/mol. The fourth-order valence-corrected chi connectivity index (χ4v) is 8.94. The molecule has 1 aliphatic rings. The molecular formula is C23H30Cl2OSiZr. The van der Waals surface area contributed by atoms with Crippen LogP contribution in [0.15, 0.2) is 48.0 Å². The number of rotatable bonds is 5. The number of fused-ring (bicyclic) bond motifs is 1. The smallest absolute Gasteiger partial charge is 1.00 e. The molecule has 0 amide bonds. The maximum Gasteiger partial charge on any atom is -1.00 e. The van der Waals surface area contributed by atoms with Crippen molar-refractivity contribution in [2.24, 2.45) is 0 Å². The van der Waals surface area contributed by atoms with Gasteiger partial charge >= 0.3 is 173 Å². The van der Waals surface area contributed by atoms with E-state index in [-0.39, 0.29) is 30.2 Å². The second kappa shape index (κ2) is 10.7. The van der Waals surface area contributed by atoms with E-state index in [4.69, 9.17) is 2.50 Å². The van der Waals surface area contributed by atoms with Crippen molar-refractivity contribution in [3.8, 4) is 11.1 Å². The SMILES string of the molecule is CCC1=Cc2c(-c3ccc(C(C)(C)C)cc3)cccc2[CH]1[Zr+2][O][SiH](C)C.[Cl-].[Cl-]. The summed E-state index contributed by atoms with van der Waals surface area (Å²) in [4.78, 5) is 0. The van der Waals surface area contributed by atoms with Crippen LogP contribution >= 0.6 is 0 Å². The summed E-state index contributed by atoms with van der Waals surface area (Å²) in [6.07, 6.45) is 3.59. The van der Waals surface area contributed by atoms with E-state index in [0.29, 0.717) is 3.63 Å². The van der Waals surface area contributed by atoms with Crippen LogP contribution in [0.2, 0.25) is 13.1 Å². The van der Waals surface area contributed by atoms with E-state index < -0.39 is 32.7 Å². The van der Waals surface area contributed by atoms with Crippen molar-refractivity contribution in [2.75, 3.05) is 0 Å². The zero-order valence-electron chi connectivity index (χ0n) is 17.6. The number of hydrogen-bond acceptors (Lipinski definition) is 1. The summed E-state index contributed by atoms with van der Waals surface area (Å²) in [6, 6.07) is 16.0. The average Bonchev–Trinajstić information content (AvgIpc) is 2.97. The van der Waals surface area contributed by atoms with Crippen LogP contribution in [-0.2, 0) is 31.6 Å². The average molecular weight is 513 g/mol. The van der Waals surface area contributed by atoms with Crippen LogP contribution in [0, 0.1) is 0 Å². The molecule has 150 valence electrons. The van der Waals surface area contributed by atoms with Crippen molar-refractivity contribution in [3.05, 3.63) is 64.7 Å². The van der Waals surface area contributed by atoms with Crippen LogP contribution in [0.25, 0.3) is 17.2 Å². The minimum Gasteiger partial charge on any atom is -1.00 e. The number of benzene rings is 2. The first-order valence-electron chi connectivity index (χ1n) is 9.66. The zero-order chi connectivity index (χ0) is 18.9. The molecule has 0 saturated carbocycles. The summed E-state index contributed by atoms with van der Waals surface area (Å²) < 4.78 is 6.88. The van der Waals surface area contributed by atoms with Gasteiger partial charge in [0.15, 0.2) is 0 Å². The molecule has 0 aromatic heterocycles. The zero-order valence-corrected chi connectivity index (χ0v) is 22.8. The maximum absolute atomic E-state index is 6.28. The van der Waals surface area contributed by atoms with Crippen molar-refractivity contribution in [1.82, 2.24) is 0 Å². The first-order chi connectivity index (χ1) is 12.3. The first-order valence-corrected chi connectivity index (χ1v) is 14.9. The molecule has 0 saturated heterocycles. The first kappa shape index (κ1) is 25.9. The minimum absolute atomic E-state index is 0. The van der Waals surface area contributed by atoms with Crippen molar-refractivity contribution in [1.29, 1.82) is 0 Å². The van der Waals surface area contributed by atoms with Crippen LogP contribution < -0.4 is 24.8 Å². The molecule has 2 aromatic rings. The van der Waals surface area contributed by atoms with Gasteiger partial charge in [-0.15, -0.1) is 0 Å². The number of halogens is 2. The van der Waals surface area contributed by atoms with Gasteiger partial charge in [-0.3, -0.25) is 0 Å². The fourth-order valence-electron chi connectivity index (χ4n) is 3.52. The Hall–Kier alpha value is -0.180. The third-order valence-corrected chi connectivity index (χ3v) is 12.4. The molecule has 2 aromatic carbocycles. The predicted molar refractivity (Wildman–Crippen MR) is 112 cm³/mol. The Balaban J connectivity index is 0.00000196. The molecule has 28 heavy (non-hydrogen) atoms. The van der Waals surface area contributed by atoms with Crippen LogP contribution in [-0.4, -0.2) is 9.04 Å². The quantitative estimate of drug-likeness (QED) is 0.531. The largest absolute Gasteiger partial charge is 1.00 e. The van der Waals surface area contributed by atoms with Gasteiger partial charge in [-0.05, 0) is 0 Å². The molecule has 0 bridgehead atoms. The molecule has 1 aliphatic carbocycles. The van der Waals surface area contributed by atoms with Crippen LogP contribution in [0.1, 0.15) is 54.4 Å². The molecule has 0 radical (unpaired) electrons. The van der Waals surface area contributed by atoms with E-state index >= 15 is 0 Å². The van der Waals surface area contributed by atoms with Crippen molar-refractivity contribution >= 4 is 15.1 Å². The summed E-state index contributed by atoms with van der Waals surface area (Å²) >= 11 is -0.866. The van der Waals surface area contributed by atoms with Crippen molar-refractivity contribution in [2.45, 2.75) is 56.3 Å². The van der Waals surface area contributed by atoms with E-state index in [1.54, 1.807) is 5.57 Å². The molecular weight excluding hydrogens is 482 g/mol. The molecule has 0 aliphatic heterocycles. The second-order valence-corrected chi connectivity index (χ2v) is 14.5. The molecule has 0 fully saturated rings. The van der Waals surface area contributed by atoms with E-state index in [2.05, 4.69) is 89.3 Å². The van der Waals surface area contributed by atoms with Crippen LogP contribution in [0.5, 0.6) is 0 Å². The summed E-state index contributed by atoms with van der Waals surface area (Å²) in [5, 5.41) is 0. The normalized spacial score (nSPS) is 15.2. The van der Waals surface area contributed by atoms with E-state index in [9.17, 15) is 0 Å². The van der Waals surface area contributed by atoms with Crippen LogP contribution in [0.4, 0.5) is 0 Å². The van der Waals surface area contributed by atoms with Gasteiger partial charge in [0.1, 0.15) is 0 Å². The fraction of sp³-hybridized carbons (Fsp3) is 0.391. The van der Waals surface area contributed by atoms with Gasteiger partial charge in [0, 0.05) is 0 Å². The van der Waals surface area contributed by atoms with Gasteiger partial charge in [-0.2, -0.15) is 0 Å². The van der Waals surface area contributed by atoms with Gasteiger partial charge in [0.2, 0.25) is 0 Å². The van der Waals surface area contributed by atoms with Gasteiger partial charge in [-0.25, -0.2) is 0 Å². The molecule has 1 atom stereocenters. The predicted octanol–water partition coefficient (Wildman–Crippen LogP) is 0.505. The van der Waals surface area contributed by atoms with Gasteiger partial charge in [-0.1, -0.05) is 0 Å². The third-order valence-electron chi connectivity index (χ3n) is 5.04. The Kier molecular flexibility index (Phi) is 9.91. The topological polar surface area (TPSA) is 9.23 Å².